The van der Waals surface area contributed by atoms with Crippen molar-refractivity contribution < 1.29 is 23.1 Å². The number of hydrogen-bond donors (Lipinski definition) is 1. The summed E-state index contributed by atoms with van der Waals surface area (Å²) >= 11 is 0. The third-order valence-electron chi connectivity index (χ3n) is 2.51. The van der Waals surface area contributed by atoms with Crippen LogP contribution in [0.25, 0.3) is 0 Å². The Morgan fingerprint density at radius 2 is 2.08 bits per heavy atom. The van der Waals surface area contributed by atoms with Crippen molar-refractivity contribution in [2.24, 2.45) is 0 Å². The number of carboxylic acid groups (broad SMARTS) is 1. The third-order valence-corrected chi connectivity index (χ3v) is 2.51. The summed E-state index contributed by atoms with van der Waals surface area (Å²) in [6.07, 6.45) is -4.80. The molecule has 1 atom stereocenters. The molecule has 6 heteroatoms. The van der Waals surface area contributed by atoms with Crippen LogP contribution in [0.3, 0.4) is 0 Å². The van der Waals surface area contributed by atoms with E-state index >= 15 is 0 Å². The second kappa shape index (κ2) is 2.87. The zero-order valence-electron chi connectivity index (χ0n) is 7.06. The number of aliphatic carboxylic acids is 1. The summed E-state index contributed by atoms with van der Waals surface area (Å²) < 4.78 is 37.5. The average molecular weight is 197 g/mol. The topological polar surface area (TPSA) is 40.5 Å². The van der Waals surface area contributed by atoms with Gasteiger partial charge in [0.05, 0.1) is 0 Å². The van der Waals surface area contributed by atoms with Crippen molar-refractivity contribution in [2.75, 3.05) is 13.6 Å². The van der Waals surface area contributed by atoms with Crippen LogP contribution in [0.4, 0.5) is 13.2 Å². The van der Waals surface area contributed by atoms with Crippen molar-refractivity contribution in [3.8, 4) is 0 Å². The molecule has 0 radical (unpaired) electrons. The molecule has 1 fully saturated rings. The second-order valence-corrected chi connectivity index (χ2v) is 3.19. The summed E-state index contributed by atoms with van der Waals surface area (Å²) in [6, 6.07) is 0. The van der Waals surface area contributed by atoms with Crippen molar-refractivity contribution in [2.45, 2.75) is 24.6 Å². The van der Waals surface area contributed by atoms with Gasteiger partial charge in [0.15, 0.2) is 0 Å². The highest BCUT2D eigenvalue weighted by molar-refractivity contribution is 5.80. The smallest absolute Gasteiger partial charge is 0.417 e. The number of rotatable bonds is 1. The van der Waals surface area contributed by atoms with E-state index in [9.17, 15) is 18.0 Å². The lowest BCUT2D eigenvalue weighted by atomic mass is 9.96. The predicted molar refractivity (Wildman–Crippen MR) is 38.3 cm³/mol. The average Bonchev–Trinajstić information content (AvgIpc) is 2.29. The predicted octanol–water partition coefficient (Wildman–Crippen LogP) is 1.10. The minimum atomic E-state index is -4.70. The van der Waals surface area contributed by atoms with Crippen LogP contribution in [-0.2, 0) is 4.79 Å². The molecule has 0 aromatic rings. The molecule has 76 valence electrons. The first-order valence-electron chi connectivity index (χ1n) is 3.84. The molecule has 1 aliphatic heterocycles. The summed E-state index contributed by atoms with van der Waals surface area (Å²) in [5, 5.41) is 8.61. The molecule has 1 rings (SSSR count). The fourth-order valence-electron chi connectivity index (χ4n) is 1.70. The molecule has 3 nitrogen and oxygen atoms in total. The molecular weight excluding hydrogens is 187 g/mol. The normalized spacial score (nSPS) is 30.8. The van der Waals surface area contributed by atoms with Gasteiger partial charge in [-0.1, -0.05) is 0 Å². The van der Waals surface area contributed by atoms with Gasteiger partial charge in [0.1, 0.15) is 0 Å². The Morgan fingerprint density at radius 1 is 1.54 bits per heavy atom. The molecule has 1 heterocycles. The van der Waals surface area contributed by atoms with Gasteiger partial charge in [-0.15, -0.1) is 0 Å². The van der Waals surface area contributed by atoms with Crippen LogP contribution >= 0.6 is 0 Å². The summed E-state index contributed by atoms with van der Waals surface area (Å²) in [5.74, 6) is -1.81. The van der Waals surface area contributed by atoms with Crippen molar-refractivity contribution in [3.05, 3.63) is 0 Å². The van der Waals surface area contributed by atoms with Gasteiger partial charge >= 0.3 is 12.1 Å². The number of hydrogen-bond acceptors (Lipinski definition) is 2. The van der Waals surface area contributed by atoms with E-state index < -0.39 is 17.7 Å². The Bertz CT molecular complexity index is 228. The largest absolute Gasteiger partial charge is 0.480 e. The van der Waals surface area contributed by atoms with Crippen LogP contribution in [0, 0.1) is 0 Å². The van der Waals surface area contributed by atoms with Gasteiger partial charge in [-0.3, -0.25) is 4.90 Å². The minimum Gasteiger partial charge on any atom is -0.480 e. The molecule has 1 N–H and O–H groups in total. The summed E-state index contributed by atoms with van der Waals surface area (Å²) in [6.45, 7) is 0.172. The van der Waals surface area contributed by atoms with E-state index in [4.69, 9.17) is 5.11 Å². The Labute approximate surface area is 73.1 Å². The van der Waals surface area contributed by atoms with Crippen molar-refractivity contribution >= 4 is 5.97 Å². The highest BCUT2D eigenvalue weighted by Gasteiger charge is 2.64. The summed E-state index contributed by atoms with van der Waals surface area (Å²) in [4.78, 5) is 11.5. The van der Waals surface area contributed by atoms with E-state index in [1.807, 2.05) is 0 Å². The quantitative estimate of drug-likeness (QED) is 0.684. The number of likely N-dealkylation sites (N-methyl/N-ethyl adjacent to an activating group) is 1. The molecule has 0 aromatic heterocycles. The molecule has 0 amide bonds. The first kappa shape index (κ1) is 10.3. The van der Waals surface area contributed by atoms with Gasteiger partial charge in [-0.05, 0) is 26.4 Å². The van der Waals surface area contributed by atoms with E-state index in [-0.39, 0.29) is 19.4 Å². The molecule has 1 saturated heterocycles. The number of carbonyl (C=O) groups is 1. The first-order valence-corrected chi connectivity index (χ1v) is 3.84. The SMILES string of the molecule is CN1CCCC1(C(=O)O)C(F)(F)F. The van der Waals surface area contributed by atoms with Crippen molar-refractivity contribution in [3.63, 3.8) is 0 Å². The van der Waals surface area contributed by atoms with Crippen LogP contribution < -0.4 is 0 Å². The molecule has 1 aliphatic rings. The van der Waals surface area contributed by atoms with E-state index in [2.05, 4.69) is 0 Å². The van der Waals surface area contributed by atoms with E-state index in [0.29, 0.717) is 0 Å². The van der Waals surface area contributed by atoms with Crippen LogP contribution in [0.1, 0.15) is 12.8 Å². The molecule has 13 heavy (non-hydrogen) atoms. The zero-order valence-corrected chi connectivity index (χ0v) is 7.06. The summed E-state index contributed by atoms with van der Waals surface area (Å²) in [5.41, 5.74) is -2.66. The maximum absolute atomic E-state index is 12.5. The number of carboxylic acids is 1. The Balaban J connectivity index is 3.08. The maximum atomic E-state index is 12.5. The van der Waals surface area contributed by atoms with E-state index in [1.54, 1.807) is 0 Å². The third kappa shape index (κ3) is 1.29. The van der Waals surface area contributed by atoms with Crippen molar-refractivity contribution in [1.82, 2.24) is 4.90 Å². The van der Waals surface area contributed by atoms with Crippen LogP contribution in [0.2, 0.25) is 0 Å². The summed E-state index contributed by atoms with van der Waals surface area (Å²) in [7, 11) is 1.19. The molecule has 0 spiro atoms. The highest BCUT2D eigenvalue weighted by atomic mass is 19.4. The van der Waals surface area contributed by atoms with Gasteiger partial charge in [-0.2, -0.15) is 13.2 Å². The van der Waals surface area contributed by atoms with Gasteiger partial charge < -0.3 is 5.11 Å². The standard InChI is InChI=1S/C7H10F3NO2/c1-11-4-2-3-6(11,5(12)13)7(8,9)10/h2-4H2,1H3,(H,12,13). The fraction of sp³-hybridized carbons (Fsp3) is 0.857. The highest BCUT2D eigenvalue weighted by Crippen LogP contribution is 2.42. The van der Waals surface area contributed by atoms with Crippen LogP contribution in [0.15, 0.2) is 0 Å². The van der Waals surface area contributed by atoms with E-state index in [0.717, 1.165) is 4.90 Å². The molecular formula is C7H10F3NO2. The lowest BCUT2D eigenvalue weighted by Gasteiger charge is -2.33. The number of nitrogens with zero attached hydrogens (tertiary/aromatic N) is 1. The van der Waals surface area contributed by atoms with Gasteiger partial charge in [0, 0.05) is 0 Å². The Morgan fingerprint density at radius 3 is 2.23 bits per heavy atom. The maximum Gasteiger partial charge on any atom is 0.417 e. The zero-order chi connectivity index (χ0) is 10.3. The lowest BCUT2D eigenvalue weighted by molar-refractivity contribution is -0.227. The number of alkyl halides is 3. The van der Waals surface area contributed by atoms with Gasteiger partial charge in [-0.25, -0.2) is 4.79 Å². The molecule has 0 aliphatic carbocycles. The monoisotopic (exact) mass is 197 g/mol. The molecule has 0 aromatic carbocycles. The molecule has 0 saturated carbocycles. The van der Waals surface area contributed by atoms with Crippen LogP contribution in [0.5, 0.6) is 0 Å². The Hall–Kier alpha value is -0.780. The van der Waals surface area contributed by atoms with E-state index in [1.165, 1.54) is 7.05 Å². The first-order chi connectivity index (χ1) is 5.82. The van der Waals surface area contributed by atoms with Gasteiger partial charge in [0.2, 0.25) is 5.54 Å². The number of likely N-dealkylation sites (tertiary alicyclic amines) is 1. The van der Waals surface area contributed by atoms with Crippen molar-refractivity contribution in [1.29, 1.82) is 0 Å². The lowest BCUT2D eigenvalue weighted by Crippen LogP contribution is -2.59. The fourth-order valence-corrected chi connectivity index (χ4v) is 1.70. The minimum absolute atomic E-state index is 0.172. The van der Waals surface area contributed by atoms with Crippen LogP contribution in [-0.4, -0.2) is 41.3 Å². The second-order valence-electron chi connectivity index (χ2n) is 3.19. The Kier molecular flexibility index (Phi) is 2.27. The van der Waals surface area contributed by atoms with Gasteiger partial charge in [0.25, 0.3) is 0 Å². The number of halogens is 3. The molecule has 0 bridgehead atoms. The molecule has 1 unspecified atom stereocenters.